The zero-order valence-electron chi connectivity index (χ0n) is 30.2. The molecule has 11 rings (SSSR count). The fourth-order valence-electron chi connectivity index (χ4n) is 8.02. The molecule has 0 saturated carbocycles. The summed E-state index contributed by atoms with van der Waals surface area (Å²) in [7, 11) is 0. The standard InChI is InChI=1S/C52H32N2OS/c1-3-12-33(13-4-1)34-22-26-37(27-23-34)45-32-44(36-14-5-2-6-15-36)53-52(54-45)38-28-24-35(25-29-38)39-30-31-41(51-50(39)42-16-7-9-19-46(42)55-51)40-18-11-21-48-49(40)43-17-8-10-20-47(43)56-48/h1-32H. The molecule has 3 heterocycles. The van der Waals surface area contributed by atoms with E-state index in [4.69, 9.17) is 14.4 Å². The van der Waals surface area contributed by atoms with E-state index in [1.165, 1.54) is 36.9 Å². The summed E-state index contributed by atoms with van der Waals surface area (Å²) in [5.74, 6) is 0.686. The van der Waals surface area contributed by atoms with Crippen LogP contribution in [-0.2, 0) is 0 Å². The Hall–Kier alpha value is -7.14. The summed E-state index contributed by atoms with van der Waals surface area (Å²) >= 11 is 1.84. The highest BCUT2D eigenvalue weighted by molar-refractivity contribution is 7.25. The minimum Gasteiger partial charge on any atom is -0.455 e. The molecule has 0 radical (unpaired) electrons. The van der Waals surface area contributed by atoms with Crippen LogP contribution in [0.5, 0.6) is 0 Å². The zero-order chi connectivity index (χ0) is 37.0. The number of fused-ring (bicyclic) bond motifs is 6. The lowest BCUT2D eigenvalue weighted by Gasteiger charge is -2.12. The molecule has 3 nitrogen and oxygen atoms in total. The molecule has 4 heteroatoms. The average Bonchev–Trinajstić information content (AvgIpc) is 3.86. The second kappa shape index (κ2) is 13.3. The van der Waals surface area contributed by atoms with Gasteiger partial charge in [-0.05, 0) is 58.1 Å². The Bertz CT molecular complexity index is 3220. The molecule has 262 valence electrons. The van der Waals surface area contributed by atoms with E-state index in [0.717, 1.165) is 66.7 Å². The summed E-state index contributed by atoms with van der Waals surface area (Å²) in [5.41, 5.74) is 13.5. The maximum Gasteiger partial charge on any atom is 0.160 e. The molecule has 0 unspecified atom stereocenters. The highest BCUT2D eigenvalue weighted by Gasteiger charge is 2.20. The largest absolute Gasteiger partial charge is 0.455 e. The fraction of sp³-hybridized carbons (Fsp3) is 0. The van der Waals surface area contributed by atoms with Gasteiger partial charge < -0.3 is 4.42 Å². The molecule has 0 saturated heterocycles. The highest BCUT2D eigenvalue weighted by Crippen LogP contribution is 2.46. The third-order valence-electron chi connectivity index (χ3n) is 10.8. The van der Waals surface area contributed by atoms with Gasteiger partial charge in [0, 0.05) is 53.2 Å². The summed E-state index contributed by atoms with van der Waals surface area (Å²) in [4.78, 5) is 10.3. The van der Waals surface area contributed by atoms with Crippen LogP contribution in [-0.4, -0.2) is 9.97 Å². The molecule has 3 aromatic heterocycles. The molecular weight excluding hydrogens is 701 g/mol. The maximum absolute atomic E-state index is 6.76. The van der Waals surface area contributed by atoms with E-state index in [-0.39, 0.29) is 0 Å². The van der Waals surface area contributed by atoms with Crippen molar-refractivity contribution in [3.63, 3.8) is 0 Å². The number of nitrogens with zero attached hydrogens (tertiary/aromatic N) is 2. The molecule has 0 fully saturated rings. The van der Waals surface area contributed by atoms with E-state index in [9.17, 15) is 0 Å². The molecule has 0 atom stereocenters. The SMILES string of the molecule is c1ccc(-c2ccc(-c3cc(-c4ccccc4)nc(-c4ccc(-c5ccc(-c6cccc7sc8ccccc8c67)c6oc7ccccc7c56)cc4)n3)cc2)cc1. The number of thiophene rings is 1. The molecule has 0 spiro atoms. The molecular formula is C52H32N2OS. The Balaban J connectivity index is 1.03. The third-order valence-corrected chi connectivity index (χ3v) is 11.9. The number of aromatic nitrogens is 2. The van der Waals surface area contributed by atoms with Gasteiger partial charge in [-0.2, -0.15) is 0 Å². The first-order chi connectivity index (χ1) is 27.7. The van der Waals surface area contributed by atoms with Gasteiger partial charge in [0.2, 0.25) is 0 Å². The van der Waals surface area contributed by atoms with Crippen molar-refractivity contribution in [2.45, 2.75) is 0 Å². The Morgan fingerprint density at radius 3 is 1.68 bits per heavy atom. The summed E-state index contributed by atoms with van der Waals surface area (Å²) in [6.07, 6.45) is 0. The maximum atomic E-state index is 6.76. The van der Waals surface area contributed by atoms with Gasteiger partial charge in [0.05, 0.1) is 11.4 Å². The molecule has 11 aromatic rings. The van der Waals surface area contributed by atoms with Gasteiger partial charge in [-0.15, -0.1) is 11.3 Å². The Labute approximate surface area is 327 Å². The van der Waals surface area contributed by atoms with Gasteiger partial charge in [0.25, 0.3) is 0 Å². The first-order valence-corrected chi connectivity index (χ1v) is 19.6. The average molecular weight is 733 g/mol. The van der Waals surface area contributed by atoms with Crippen LogP contribution in [0.4, 0.5) is 0 Å². The topological polar surface area (TPSA) is 38.9 Å². The van der Waals surface area contributed by atoms with Crippen molar-refractivity contribution in [2.24, 2.45) is 0 Å². The first kappa shape index (κ1) is 32.3. The monoisotopic (exact) mass is 732 g/mol. The van der Waals surface area contributed by atoms with Crippen molar-refractivity contribution < 1.29 is 4.42 Å². The van der Waals surface area contributed by atoms with E-state index < -0.39 is 0 Å². The minimum atomic E-state index is 0.686. The van der Waals surface area contributed by atoms with Gasteiger partial charge in [-0.1, -0.05) is 164 Å². The Kier molecular flexibility index (Phi) is 7.68. The summed E-state index contributed by atoms with van der Waals surface area (Å²) in [5, 5.41) is 4.77. The van der Waals surface area contributed by atoms with Crippen molar-refractivity contribution in [1.29, 1.82) is 0 Å². The van der Waals surface area contributed by atoms with Gasteiger partial charge in [-0.25, -0.2) is 9.97 Å². The molecule has 0 aliphatic carbocycles. The van der Waals surface area contributed by atoms with Crippen LogP contribution in [0.25, 0.3) is 109 Å². The number of hydrogen-bond donors (Lipinski definition) is 0. The van der Waals surface area contributed by atoms with Gasteiger partial charge >= 0.3 is 0 Å². The van der Waals surface area contributed by atoms with Crippen LogP contribution in [0.2, 0.25) is 0 Å². The van der Waals surface area contributed by atoms with Crippen LogP contribution >= 0.6 is 11.3 Å². The van der Waals surface area contributed by atoms with Crippen molar-refractivity contribution in [2.75, 3.05) is 0 Å². The molecule has 0 amide bonds. The molecule has 0 bridgehead atoms. The van der Waals surface area contributed by atoms with Crippen molar-refractivity contribution >= 4 is 53.4 Å². The van der Waals surface area contributed by atoms with E-state index in [2.05, 4.69) is 176 Å². The van der Waals surface area contributed by atoms with Crippen molar-refractivity contribution in [3.05, 3.63) is 194 Å². The predicted molar refractivity (Wildman–Crippen MR) is 235 cm³/mol. The second-order valence-corrected chi connectivity index (χ2v) is 15.2. The zero-order valence-corrected chi connectivity index (χ0v) is 31.0. The number of rotatable bonds is 6. The lowest BCUT2D eigenvalue weighted by atomic mass is 9.92. The van der Waals surface area contributed by atoms with Crippen LogP contribution in [0.1, 0.15) is 0 Å². The van der Waals surface area contributed by atoms with Crippen LogP contribution in [0.3, 0.4) is 0 Å². The number of hydrogen-bond acceptors (Lipinski definition) is 4. The predicted octanol–water partition coefficient (Wildman–Crippen LogP) is 14.7. The van der Waals surface area contributed by atoms with Gasteiger partial charge in [0.1, 0.15) is 11.2 Å². The van der Waals surface area contributed by atoms with E-state index in [0.29, 0.717) is 5.82 Å². The molecule has 0 N–H and O–H groups in total. The Morgan fingerprint density at radius 1 is 0.357 bits per heavy atom. The minimum absolute atomic E-state index is 0.686. The summed E-state index contributed by atoms with van der Waals surface area (Å²) < 4.78 is 9.32. The molecule has 0 aliphatic heterocycles. The number of benzene rings is 8. The van der Waals surface area contributed by atoms with Crippen LogP contribution in [0.15, 0.2) is 199 Å². The lowest BCUT2D eigenvalue weighted by Crippen LogP contribution is -1.96. The summed E-state index contributed by atoms with van der Waals surface area (Å²) in [6.45, 7) is 0. The van der Waals surface area contributed by atoms with Crippen molar-refractivity contribution in [1.82, 2.24) is 9.97 Å². The fourth-order valence-corrected chi connectivity index (χ4v) is 9.16. The quantitative estimate of drug-likeness (QED) is 0.171. The van der Waals surface area contributed by atoms with Gasteiger partial charge in [0.15, 0.2) is 5.82 Å². The second-order valence-electron chi connectivity index (χ2n) is 14.1. The van der Waals surface area contributed by atoms with E-state index >= 15 is 0 Å². The normalized spacial score (nSPS) is 11.6. The number of furan rings is 1. The molecule has 0 aliphatic rings. The smallest absolute Gasteiger partial charge is 0.160 e. The molecule has 56 heavy (non-hydrogen) atoms. The van der Waals surface area contributed by atoms with Crippen molar-refractivity contribution in [3.8, 4) is 67.3 Å². The highest BCUT2D eigenvalue weighted by atomic mass is 32.1. The van der Waals surface area contributed by atoms with Crippen LogP contribution < -0.4 is 0 Å². The number of para-hydroxylation sites is 1. The Morgan fingerprint density at radius 2 is 0.911 bits per heavy atom. The van der Waals surface area contributed by atoms with Crippen LogP contribution in [0, 0.1) is 0 Å². The first-order valence-electron chi connectivity index (χ1n) is 18.8. The summed E-state index contributed by atoms with van der Waals surface area (Å²) in [6, 6.07) is 68.3. The lowest BCUT2D eigenvalue weighted by molar-refractivity contribution is 0.670. The third kappa shape index (κ3) is 5.50. The molecule has 8 aromatic carbocycles. The van der Waals surface area contributed by atoms with E-state index in [1.54, 1.807) is 0 Å². The van der Waals surface area contributed by atoms with Gasteiger partial charge in [-0.3, -0.25) is 0 Å². The van der Waals surface area contributed by atoms with E-state index in [1.807, 2.05) is 29.5 Å².